The SMILES string of the molecule is CC(C)c1ccccc1NC(=O)CN1C(=O)NC(C)(c2ccc(C(C)(C)C)cc2)C1=O. The molecule has 1 atom stereocenters. The Bertz CT molecular complexity index is 1010. The molecule has 6 heteroatoms. The van der Waals surface area contributed by atoms with Gasteiger partial charge in [-0.15, -0.1) is 0 Å². The van der Waals surface area contributed by atoms with Gasteiger partial charge >= 0.3 is 6.03 Å². The van der Waals surface area contributed by atoms with Crippen LogP contribution in [0.5, 0.6) is 0 Å². The first-order valence-electron chi connectivity index (χ1n) is 10.6. The van der Waals surface area contributed by atoms with Crippen molar-refractivity contribution in [1.82, 2.24) is 10.2 Å². The van der Waals surface area contributed by atoms with E-state index in [0.717, 1.165) is 16.0 Å². The highest BCUT2D eigenvalue weighted by atomic mass is 16.2. The van der Waals surface area contributed by atoms with Crippen LogP contribution < -0.4 is 10.6 Å². The van der Waals surface area contributed by atoms with Crippen LogP contribution in [0.15, 0.2) is 48.5 Å². The zero-order valence-electron chi connectivity index (χ0n) is 19.1. The van der Waals surface area contributed by atoms with Crippen LogP contribution in [0.2, 0.25) is 0 Å². The van der Waals surface area contributed by atoms with E-state index in [4.69, 9.17) is 0 Å². The predicted octanol–water partition coefficient (Wildman–Crippen LogP) is 4.51. The van der Waals surface area contributed by atoms with E-state index in [1.807, 2.05) is 62.4 Å². The van der Waals surface area contributed by atoms with E-state index < -0.39 is 23.4 Å². The molecular formula is C25H31N3O3. The highest BCUT2D eigenvalue weighted by Gasteiger charge is 2.49. The summed E-state index contributed by atoms with van der Waals surface area (Å²) in [6, 6.07) is 14.6. The van der Waals surface area contributed by atoms with Gasteiger partial charge in [-0.25, -0.2) is 4.79 Å². The van der Waals surface area contributed by atoms with Gasteiger partial charge in [-0.1, -0.05) is 77.1 Å². The third-order valence-electron chi connectivity index (χ3n) is 5.76. The molecule has 1 aliphatic heterocycles. The van der Waals surface area contributed by atoms with Crippen molar-refractivity contribution in [2.45, 2.75) is 58.4 Å². The van der Waals surface area contributed by atoms with Crippen molar-refractivity contribution in [1.29, 1.82) is 0 Å². The minimum Gasteiger partial charge on any atom is -0.324 e. The van der Waals surface area contributed by atoms with Gasteiger partial charge in [0, 0.05) is 5.69 Å². The molecule has 31 heavy (non-hydrogen) atoms. The molecule has 2 N–H and O–H groups in total. The summed E-state index contributed by atoms with van der Waals surface area (Å²) in [6.45, 7) is 11.8. The van der Waals surface area contributed by atoms with Crippen LogP contribution in [-0.2, 0) is 20.5 Å². The monoisotopic (exact) mass is 421 g/mol. The Morgan fingerprint density at radius 1 is 1.06 bits per heavy atom. The average Bonchev–Trinajstić information content (AvgIpc) is 2.91. The first-order valence-corrected chi connectivity index (χ1v) is 10.6. The molecule has 1 aliphatic rings. The van der Waals surface area contributed by atoms with Crippen LogP contribution in [0, 0.1) is 0 Å². The molecule has 2 aromatic carbocycles. The van der Waals surface area contributed by atoms with Crippen molar-refractivity contribution in [3.05, 3.63) is 65.2 Å². The van der Waals surface area contributed by atoms with E-state index in [9.17, 15) is 14.4 Å². The van der Waals surface area contributed by atoms with Crippen molar-refractivity contribution < 1.29 is 14.4 Å². The molecule has 4 amide bonds. The van der Waals surface area contributed by atoms with Crippen LogP contribution in [0.1, 0.15) is 64.2 Å². The third-order valence-corrected chi connectivity index (χ3v) is 5.76. The number of benzene rings is 2. The first kappa shape index (κ1) is 22.5. The summed E-state index contributed by atoms with van der Waals surface area (Å²) in [6.07, 6.45) is 0. The number of imide groups is 1. The fraction of sp³-hybridized carbons (Fsp3) is 0.400. The standard InChI is InChI=1S/C25H31N3O3/c1-16(2)19-9-7-8-10-20(19)26-21(29)15-28-22(30)25(6,27-23(28)31)18-13-11-17(12-14-18)24(3,4)5/h7-14,16H,15H2,1-6H3,(H,26,29)(H,27,31). The van der Waals surface area contributed by atoms with Crippen LogP contribution in [-0.4, -0.2) is 29.3 Å². The molecule has 0 saturated carbocycles. The number of rotatable bonds is 5. The number of hydrogen-bond donors (Lipinski definition) is 2. The second-order valence-electron chi connectivity index (χ2n) is 9.56. The Morgan fingerprint density at radius 3 is 2.26 bits per heavy atom. The Balaban J connectivity index is 1.76. The topological polar surface area (TPSA) is 78.5 Å². The third kappa shape index (κ3) is 4.48. The van der Waals surface area contributed by atoms with E-state index in [2.05, 4.69) is 31.4 Å². The number of anilines is 1. The second kappa shape index (κ2) is 8.17. The van der Waals surface area contributed by atoms with Gasteiger partial charge in [0.15, 0.2) is 0 Å². The van der Waals surface area contributed by atoms with Crippen molar-refractivity contribution in [3.8, 4) is 0 Å². The smallest absolute Gasteiger partial charge is 0.324 e. The Morgan fingerprint density at radius 2 is 1.68 bits per heavy atom. The number of amides is 4. The highest BCUT2D eigenvalue weighted by Crippen LogP contribution is 2.31. The van der Waals surface area contributed by atoms with E-state index >= 15 is 0 Å². The highest BCUT2D eigenvalue weighted by molar-refractivity contribution is 6.10. The predicted molar refractivity (Wildman–Crippen MR) is 122 cm³/mol. The lowest BCUT2D eigenvalue weighted by Crippen LogP contribution is -2.42. The summed E-state index contributed by atoms with van der Waals surface area (Å²) in [5.41, 5.74) is 2.29. The summed E-state index contributed by atoms with van der Waals surface area (Å²) in [7, 11) is 0. The summed E-state index contributed by atoms with van der Waals surface area (Å²) >= 11 is 0. The van der Waals surface area contributed by atoms with Crippen molar-refractivity contribution >= 4 is 23.5 Å². The van der Waals surface area contributed by atoms with Crippen LogP contribution in [0.3, 0.4) is 0 Å². The zero-order chi connectivity index (χ0) is 23.0. The molecule has 0 radical (unpaired) electrons. The molecule has 2 aromatic rings. The molecule has 0 aliphatic carbocycles. The fourth-order valence-corrected chi connectivity index (χ4v) is 3.79. The minimum absolute atomic E-state index is 0.0151. The number of hydrogen-bond acceptors (Lipinski definition) is 3. The van der Waals surface area contributed by atoms with Gasteiger partial charge in [-0.05, 0) is 41.0 Å². The molecule has 1 saturated heterocycles. The number of carbonyl (C=O) groups excluding carboxylic acids is 3. The number of urea groups is 1. The fourth-order valence-electron chi connectivity index (χ4n) is 3.79. The lowest BCUT2D eigenvalue weighted by Gasteiger charge is -2.24. The van der Waals surface area contributed by atoms with Crippen LogP contribution >= 0.6 is 0 Å². The van der Waals surface area contributed by atoms with Crippen molar-refractivity contribution in [2.24, 2.45) is 0 Å². The maximum Gasteiger partial charge on any atom is 0.325 e. The Kier molecular flexibility index (Phi) is 5.94. The number of para-hydroxylation sites is 1. The number of nitrogens with one attached hydrogen (secondary N) is 2. The molecule has 1 unspecified atom stereocenters. The van der Waals surface area contributed by atoms with E-state index in [-0.39, 0.29) is 17.9 Å². The van der Waals surface area contributed by atoms with Crippen LogP contribution in [0.25, 0.3) is 0 Å². The molecule has 6 nitrogen and oxygen atoms in total. The lowest BCUT2D eigenvalue weighted by atomic mass is 9.84. The summed E-state index contributed by atoms with van der Waals surface area (Å²) in [5.74, 6) is -0.621. The largest absolute Gasteiger partial charge is 0.325 e. The minimum atomic E-state index is -1.20. The molecular weight excluding hydrogens is 390 g/mol. The van der Waals surface area contributed by atoms with Crippen molar-refractivity contribution in [2.75, 3.05) is 11.9 Å². The molecule has 164 valence electrons. The molecule has 0 bridgehead atoms. The summed E-state index contributed by atoms with van der Waals surface area (Å²) < 4.78 is 0. The number of carbonyl (C=O) groups is 3. The summed E-state index contributed by atoms with van der Waals surface area (Å²) in [4.78, 5) is 39.4. The zero-order valence-corrected chi connectivity index (χ0v) is 19.1. The van der Waals surface area contributed by atoms with Gasteiger partial charge in [0.25, 0.3) is 5.91 Å². The van der Waals surface area contributed by atoms with Gasteiger partial charge in [0.2, 0.25) is 5.91 Å². The second-order valence-corrected chi connectivity index (χ2v) is 9.56. The van der Waals surface area contributed by atoms with Crippen LogP contribution in [0.4, 0.5) is 10.5 Å². The van der Waals surface area contributed by atoms with Gasteiger partial charge in [0.05, 0.1) is 0 Å². The normalized spacial score (nSPS) is 19.0. The maximum absolute atomic E-state index is 13.1. The lowest BCUT2D eigenvalue weighted by molar-refractivity contribution is -0.133. The Hall–Kier alpha value is -3.15. The average molecular weight is 422 g/mol. The molecule has 0 spiro atoms. The van der Waals surface area contributed by atoms with Gasteiger partial charge in [-0.2, -0.15) is 0 Å². The molecule has 1 heterocycles. The van der Waals surface area contributed by atoms with Crippen molar-refractivity contribution in [3.63, 3.8) is 0 Å². The van der Waals surface area contributed by atoms with E-state index in [1.165, 1.54) is 0 Å². The van der Waals surface area contributed by atoms with E-state index in [1.54, 1.807) is 6.92 Å². The van der Waals surface area contributed by atoms with E-state index in [0.29, 0.717) is 11.3 Å². The van der Waals surface area contributed by atoms with Gasteiger partial charge in [-0.3, -0.25) is 14.5 Å². The summed E-state index contributed by atoms with van der Waals surface area (Å²) in [5, 5.41) is 5.60. The molecule has 3 rings (SSSR count). The molecule has 0 aromatic heterocycles. The quantitative estimate of drug-likeness (QED) is 0.697. The Labute approximate surface area is 184 Å². The first-order chi connectivity index (χ1) is 14.4. The van der Waals surface area contributed by atoms with Gasteiger partial charge < -0.3 is 10.6 Å². The molecule has 1 fully saturated rings. The van der Waals surface area contributed by atoms with Gasteiger partial charge in [0.1, 0.15) is 12.1 Å². The maximum atomic E-state index is 13.1. The number of nitrogens with zero attached hydrogens (tertiary/aromatic N) is 1.